The molecule has 5 heteroatoms. The van der Waals surface area contributed by atoms with Crippen molar-refractivity contribution in [2.75, 3.05) is 17.7 Å². The Hall–Kier alpha value is -2.14. The van der Waals surface area contributed by atoms with Crippen molar-refractivity contribution in [3.63, 3.8) is 0 Å². The number of ether oxygens (including phenoxy) is 1. The van der Waals surface area contributed by atoms with Crippen LogP contribution in [-0.2, 0) is 17.8 Å². The largest absolute Gasteiger partial charge is 0.384 e. The van der Waals surface area contributed by atoms with E-state index in [1.165, 1.54) is 5.56 Å². The van der Waals surface area contributed by atoms with Gasteiger partial charge in [0.1, 0.15) is 18.2 Å². The highest BCUT2D eigenvalue weighted by Gasteiger charge is 2.06. The lowest BCUT2D eigenvalue weighted by atomic mass is 10.1. The third-order valence-corrected chi connectivity index (χ3v) is 3.03. The van der Waals surface area contributed by atoms with Crippen LogP contribution in [-0.4, -0.2) is 16.6 Å². The number of hydrogen-bond acceptors (Lipinski definition) is 5. The van der Waals surface area contributed by atoms with Crippen LogP contribution in [0.5, 0.6) is 0 Å². The molecule has 1 heterocycles. The van der Waals surface area contributed by atoms with Gasteiger partial charge >= 0.3 is 0 Å². The molecule has 0 radical (unpaired) electrons. The number of rotatable bonds is 7. The van der Waals surface area contributed by atoms with Crippen molar-refractivity contribution in [3.05, 3.63) is 41.7 Å². The maximum Gasteiger partial charge on any atom is 0.158 e. The van der Waals surface area contributed by atoms with E-state index in [-0.39, 0.29) is 0 Å². The number of nitrogens with two attached hydrogens (primary N) is 1. The second kappa shape index (κ2) is 7.59. The van der Waals surface area contributed by atoms with Crippen LogP contribution < -0.4 is 11.1 Å². The normalized spacial score (nSPS) is 10.6. The van der Waals surface area contributed by atoms with Gasteiger partial charge in [-0.2, -0.15) is 0 Å². The van der Waals surface area contributed by atoms with Gasteiger partial charge in [-0.05, 0) is 25.0 Å². The van der Waals surface area contributed by atoms with E-state index in [0.717, 1.165) is 18.5 Å². The zero-order valence-electron chi connectivity index (χ0n) is 12.6. The van der Waals surface area contributed by atoms with Crippen LogP contribution in [0.3, 0.4) is 0 Å². The van der Waals surface area contributed by atoms with E-state index >= 15 is 0 Å². The third-order valence-electron chi connectivity index (χ3n) is 3.03. The summed E-state index contributed by atoms with van der Waals surface area (Å²) in [5.74, 6) is 1.73. The minimum Gasteiger partial charge on any atom is -0.384 e. The molecule has 0 amide bonds. The van der Waals surface area contributed by atoms with Gasteiger partial charge in [-0.15, -0.1) is 0 Å². The molecule has 2 aromatic rings. The van der Waals surface area contributed by atoms with E-state index in [0.29, 0.717) is 30.7 Å². The van der Waals surface area contributed by atoms with Gasteiger partial charge in [0.25, 0.3) is 0 Å². The number of anilines is 3. The summed E-state index contributed by atoms with van der Waals surface area (Å²) in [4.78, 5) is 8.61. The first-order valence-corrected chi connectivity index (χ1v) is 7.29. The highest BCUT2D eigenvalue weighted by molar-refractivity contribution is 5.62. The molecule has 0 aliphatic rings. The van der Waals surface area contributed by atoms with Crippen LogP contribution in [0.4, 0.5) is 17.3 Å². The zero-order valence-corrected chi connectivity index (χ0v) is 12.6. The molecule has 0 spiro atoms. The number of nitrogens with one attached hydrogen (secondary N) is 1. The molecule has 5 nitrogen and oxygen atoms in total. The van der Waals surface area contributed by atoms with Gasteiger partial charge in [-0.1, -0.05) is 31.5 Å². The maximum atomic E-state index is 5.83. The predicted octanol–water partition coefficient (Wildman–Crippen LogP) is 3.29. The lowest BCUT2D eigenvalue weighted by Crippen LogP contribution is -2.06. The van der Waals surface area contributed by atoms with Gasteiger partial charge < -0.3 is 15.8 Å². The highest BCUT2D eigenvalue weighted by atomic mass is 16.5. The Morgan fingerprint density at radius 2 is 2.00 bits per heavy atom. The van der Waals surface area contributed by atoms with Gasteiger partial charge in [0.2, 0.25) is 0 Å². The van der Waals surface area contributed by atoms with Crippen molar-refractivity contribution in [2.24, 2.45) is 0 Å². The Kier molecular flexibility index (Phi) is 5.51. The lowest BCUT2D eigenvalue weighted by molar-refractivity contribution is 0.128. The van der Waals surface area contributed by atoms with Crippen LogP contribution in [0.2, 0.25) is 0 Å². The number of benzene rings is 1. The Bertz CT molecular complexity index is 586. The second-order valence-electron chi connectivity index (χ2n) is 4.76. The molecule has 3 N–H and O–H groups in total. The van der Waals surface area contributed by atoms with Crippen LogP contribution in [0.25, 0.3) is 0 Å². The Balaban J connectivity index is 2.21. The van der Waals surface area contributed by atoms with Gasteiger partial charge in [0.05, 0.1) is 0 Å². The van der Waals surface area contributed by atoms with E-state index in [4.69, 9.17) is 10.5 Å². The van der Waals surface area contributed by atoms with Crippen LogP contribution in [0, 0.1) is 0 Å². The molecule has 0 unspecified atom stereocenters. The predicted molar refractivity (Wildman–Crippen MR) is 85.5 cm³/mol. The third kappa shape index (κ3) is 4.43. The summed E-state index contributed by atoms with van der Waals surface area (Å²) in [6.45, 7) is 5.10. The summed E-state index contributed by atoms with van der Waals surface area (Å²) in [7, 11) is 0. The number of aromatic nitrogens is 2. The average molecular weight is 286 g/mol. The molecule has 0 bridgehead atoms. The first-order chi connectivity index (χ1) is 10.2. The minimum absolute atomic E-state index is 0.368. The molecule has 1 aromatic carbocycles. The van der Waals surface area contributed by atoms with E-state index < -0.39 is 0 Å². The summed E-state index contributed by atoms with van der Waals surface area (Å²) in [6, 6.07) is 9.96. The van der Waals surface area contributed by atoms with E-state index in [1.807, 2.05) is 25.1 Å². The van der Waals surface area contributed by atoms with Crippen molar-refractivity contribution in [3.8, 4) is 0 Å². The summed E-state index contributed by atoms with van der Waals surface area (Å²) in [5, 5.41) is 3.33. The minimum atomic E-state index is 0.368. The number of hydrogen-bond donors (Lipinski definition) is 2. The van der Waals surface area contributed by atoms with Crippen LogP contribution >= 0.6 is 0 Å². The van der Waals surface area contributed by atoms with Crippen molar-refractivity contribution in [1.82, 2.24) is 9.97 Å². The molecule has 1 aromatic heterocycles. The maximum absolute atomic E-state index is 5.83. The first-order valence-electron chi connectivity index (χ1n) is 7.29. The molecular weight excluding hydrogens is 264 g/mol. The Morgan fingerprint density at radius 1 is 1.19 bits per heavy atom. The molecule has 0 aliphatic carbocycles. The summed E-state index contributed by atoms with van der Waals surface area (Å²) in [5.41, 5.74) is 8.16. The topological polar surface area (TPSA) is 73.1 Å². The quantitative estimate of drug-likeness (QED) is 0.817. The Labute approximate surface area is 125 Å². The van der Waals surface area contributed by atoms with E-state index in [2.05, 4.69) is 28.3 Å². The Morgan fingerprint density at radius 3 is 2.76 bits per heavy atom. The van der Waals surface area contributed by atoms with Crippen molar-refractivity contribution in [1.29, 1.82) is 0 Å². The number of para-hydroxylation sites is 1. The standard InChI is InChI=1S/C16H22N4O/c1-3-7-12-8-5-6-9-13(12)18-15-10-14(17)19-16(20-15)11-21-4-2/h5-6,8-10H,3-4,7,11H2,1-2H3,(H3,17,18,19,20). The number of nitrogens with zero attached hydrogens (tertiary/aromatic N) is 2. The van der Waals surface area contributed by atoms with Crippen LogP contribution in [0.1, 0.15) is 31.7 Å². The highest BCUT2D eigenvalue weighted by Crippen LogP contribution is 2.21. The summed E-state index contributed by atoms with van der Waals surface area (Å²) < 4.78 is 5.33. The second-order valence-corrected chi connectivity index (χ2v) is 4.76. The molecule has 0 fully saturated rings. The molecular formula is C16H22N4O. The number of nitrogen functional groups attached to an aromatic ring is 1. The molecule has 0 atom stereocenters. The fourth-order valence-electron chi connectivity index (χ4n) is 2.11. The first kappa shape index (κ1) is 15.3. The monoisotopic (exact) mass is 286 g/mol. The van der Waals surface area contributed by atoms with Crippen molar-refractivity contribution >= 4 is 17.3 Å². The molecule has 2 rings (SSSR count). The number of aryl methyl sites for hydroxylation is 1. The zero-order chi connectivity index (χ0) is 15.1. The SMILES string of the molecule is CCCc1ccccc1Nc1cc(N)nc(COCC)n1. The van der Waals surface area contributed by atoms with Gasteiger partial charge in [-0.3, -0.25) is 0 Å². The van der Waals surface area contributed by atoms with E-state index in [9.17, 15) is 0 Å². The molecule has 0 saturated carbocycles. The molecule has 21 heavy (non-hydrogen) atoms. The van der Waals surface area contributed by atoms with Crippen molar-refractivity contribution < 1.29 is 4.74 Å². The summed E-state index contributed by atoms with van der Waals surface area (Å²) >= 11 is 0. The summed E-state index contributed by atoms with van der Waals surface area (Å²) in [6.07, 6.45) is 2.12. The molecule has 112 valence electrons. The van der Waals surface area contributed by atoms with Gasteiger partial charge in [0.15, 0.2) is 5.82 Å². The molecule has 0 saturated heterocycles. The van der Waals surface area contributed by atoms with Crippen molar-refractivity contribution in [2.45, 2.75) is 33.3 Å². The van der Waals surface area contributed by atoms with Gasteiger partial charge in [0, 0.05) is 18.4 Å². The van der Waals surface area contributed by atoms with Gasteiger partial charge in [-0.25, -0.2) is 9.97 Å². The lowest BCUT2D eigenvalue weighted by Gasteiger charge is -2.12. The van der Waals surface area contributed by atoms with E-state index in [1.54, 1.807) is 6.07 Å². The molecule has 0 aliphatic heterocycles. The smallest absolute Gasteiger partial charge is 0.158 e. The average Bonchev–Trinajstić information content (AvgIpc) is 2.47. The fraction of sp³-hybridized carbons (Fsp3) is 0.375. The fourth-order valence-corrected chi connectivity index (χ4v) is 2.11. The van der Waals surface area contributed by atoms with Crippen LogP contribution in [0.15, 0.2) is 30.3 Å².